The lowest BCUT2D eigenvalue weighted by atomic mass is 9.81. The Bertz CT molecular complexity index is 488. The van der Waals surface area contributed by atoms with Crippen molar-refractivity contribution in [3.05, 3.63) is 41.5 Å². The molecule has 0 saturated carbocycles. The summed E-state index contributed by atoms with van der Waals surface area (Å²) in [4.78, 5) is 12.0. The molecule has 0 heterocycles. The van der Waals surface area contributed by atoms with Gasteiger partial charge < -0.3 is 5.32 Å². The number of hydrogen-bond acceptors (Lipinski definition) is 1. The standard InChI is InChI=1S/C16H21NO/c1-10(2)17-16(18)13-7-8-14-11(3)5-6-12(4)15(14)9-13/h7-11H,4-6H2,1-3H3,(H,17,18). The number of fused-ring (bicyclic) bond motifs is 1. The average molecular weight is 243 g/mol. The number of carbonyl (C=O) groups excluding carboxylic acids is 1. The van der Waals surface area contributed by atoms with Crippen molar-refractivity contribution in [2.45, 2.75) is 45.6 Å². The lowest BCUT2D eigenvalue weighted by Gasteiger charge is -2.24. The van der Waals surface area contributed by atoms with Crippen LogP contribution in [0, 0.1) is 0 Å². The Kier molecular flexibility index (Phi) is 3.55. The smallest absolute Gasteiger partial charge is 0.251 e. The van der Waals surface area contributed by atoms with E-state index in [0.717, 1.165) is 24.0 Å². The molecule has 1 N–H and O–H groups in total. The number of carbonyl (C=O) groups is 1. The largest absolute Gasteiger partial charge is 0.350 e. The van der Waals surface area contributed by atoms with Crippen LogP contribution in [0.25, 0.3) is 5.57 Å². The first kappa shape index (κ1) is 12.9. The molecule has 1 amide bonds. The van der Waals surface area contributed by atoms with Crippen molar-refractivity contribution in [1.82, 2.24) is 5.32 Å². The average Bonchev–Trinajstić information content (AvgIpc) is 2.33. The van der Waals surface area contributed by atoms with E-state index in [1.165, 1.54) is 11.1 Å². The van der Waals surface area contributed by atoms with E-state index in [1.54, 1.807) is 0 Å². The van der Waals surface area contributed by atoms with Crippen molar-refractivity contribution in [3.63, 3.8) is 0 Å². The van der Waals surface area contributed by atoms with E-state index in [0.29, 0.717) is 5.92 Å². The molecule has 2 heteroatoms. The molecular weight excluding hydrogens is 222 g/mol. The molecule has 0 spiro atoms. The summed E-state index contributed by atoms with van der Waals surface area (Å²) >= 11 is 0. The summed E-state index contributed by atoms with van der Waals surface area (Å²) in [7, 11) is 0. The summed E-state index contributed by atoms with van der Waals surface area (Å²) in [5, 5.41) is 2.92. The van der Waals surface area contributed by atoms with Gasteiger partial charge in [0.1, 0.15) is 0 Å². The molecule has 1 aromatic carbocycles. The monoisotopic (exact) mass is 243 g/mol. The molecule has 0 aromatic heterocycles. The Labute approximate surface area is 109 Å². The van der Waals surface area contributed by atoms with Crippen LogP contribution in [0.15, 0.2) is 24.8 Å². The van der Waals surface area contributed by atoms with Gasteiger partial charge in [-0.25, -0.2) is 0 Å². The molecule has 1 aliphatic rings. The first-order valence-corrected chi connectivity index (χ1v) is 6.62. The van der Waals surface area contributed by atoms with Crippen molar-refractivity contribution in [3.8, 4) is 0 Å². The molecule has 1 aliphatic carbocycles. The first-order valence-electron chi connectivity index (χ1n) is 6.62. The Morgan fingerprint density at radius 3 is 2.83 bits per heavy atom. The predicted octanol–water partition coefficient (Wildman–Crippen LogP) is 3.74. The van der Waals surface area contributed by atoms with Crippen LogP contribution in [0.4, 0.5) is 0 Å². The minimum absolute atomic E-state index is 0.00109. The fourth-order valence-electron chi connectivity index (χ4n) is 2.46. The fraction of sp³-hybridized carbons (Fsp3) is 0.438. The maximum atomic E-state index is 12.0. The minimum Gasteiger partial charge on any atom is -0.350 e. The lowest BCUT2D eigenvalue weighted by Crippen LogP contribution is -2.30. The second kappa shape index (κ2) is 4.97. The van der Waals surface area contributed by atoms with Gasteiger partial charge in [-0.15, -0.1) is 0 Å². The van der Waals surface area contributed by atoms with E-state index in [2.05, 4.69) is 24.9 Å². The van der Waals surface area contributed by atoms with Crippen molar-refractivity contribution in [1.29, 1.82) is 0 Å². The van der Waals surface area contributed by atoms with Gasteiger partial charge in [0.05, 0.1) is 0 Å². The quantitative estimate of drug-likeness (QED) is 0.842. The molecule has 96 valence electrons. The van der Waals surface area contributed by atoms with Crippen molar-refractivity contribution in [2.24, 2.45) is 0 Å². The van der Waals surface area contributed by atoms with Crippen molar-refractivity contribution < 1.29 is 4.79 Å². The number of amides is 1. The maximum absolute atomic E-state index is 12.0. The summed E-state index contributed by atoms with van der Waals surface area (Å²) in [5.41, 5.74) is 4.39. The minimum atomic E-state index is -0.00109. The third-order valence-corrected chi connectivity index (χ3v) is 3.53. The zero-order chi connectivity index (χ0) is 13.3. The number of allylic oxidation sites excluding steroid dienone is 1. The highest BCUT2D eigenvalue weighted by Crippen LogP contribution is 2.37. The van der Waals surface area contributed by atoms with Gasteiger partial charge in [0, 0.05) is 11.6 Å². The molecule has 2 nitrogen and oxygen atoms in total. The fourth-order valence-corrected chi connectivity index (χ4v) is 2.46. The summed E-state index contributed by atoms with van der Waals surface area (Å²) < 4.78 is 0. The van der Waals surface area contributed by atoms with Crippen LogP contribution in [-0.2, 0) is 0 Å². The Morgan fingerprint density at radius 2 is 2.17 bits per heavy atom. The third-order valence-electron chi connectivity index (χ3n) is 3.53. The molecular formula is C16H21NO. The molecule has 0 radical (unpaired) electrons. The highest BCUT2D eigenvalue weighted by molar-refractivity contribution is 5.95. The Balaban J connectivity index is 2.34. The second-order valence-corrected chi connectivity index (χ2v) is 5.47. The number of rotatable bonds is 2. The van der Waals surface area contributed by atoms with E-state index >= 15 is 0 Å². The molecule has 0 aliphatic heterocycles. The number of hydrogen-bond donors (Lipinski definition) is 1. The lowest BCUT2D eigenvalue weighted by molar-refractivity contribution is 0.0943. The molecule has 1 unspecified atom stereocenters. The molecule has 2 rings (SSSR count). The summed E-state index contributed by atoms with van der Waals surface area (Å²) in [5.74, 6) is 0.562. The SMILES string of the molecule is C=C1CCC(C)c2ccc(C(=O)NC(C)C)cc21. The molecule has 18 heavy (non-hydrogen) atoms. The normalized spacial score (nSPS) is 18.7. The van der Waals surface area contributed by atoms with Gasteiger partial charge in [0.2, 0.25) is 0 Å². The van der Waals surface area contributed by atoms with E-state index in [9.17, 15) is 4.79 Å². The van der Waals surface area contributed by atoms with Gasteiger partial charge in [0.25, 0.3) is 5.91 Å². The van der Waals surface area contributed by atoms with Crippen LogP contribution in [0.5, 0.6) is 0 Å². The zero-order valence-corrected chi connectivity index (χ0v) is 11.4. The Hall–Kier alpha value is -1.57. The van der Waals surface area contributed by atoms with E-state index in [4.69, 9.17) is 0 Å². The van der Waals surface area contributed by atoms with Gasteiger partial charge in [-0.2, -0.15) is 0 Å². The van der Waals surface area contributed by atoms with Gasteiger partial charge in [-0.05, 0) is 61.4 Å². The van der Waals surface area contributed by atoms with Gasteiger partial charge >= 0.3 is 0 Å². The number of nitrogens with one attached hydrogen (secondary N) is 1. The number of benzene rings is 1. The topological polar surface area (TPSA) is 29.1 Å². The van der Waals surface area contributed by atoms with Gasteiger partial charge in [0.15, 0.2) is 0 Å². The molecule has 0 fully saturated rings. The molecule has 0 bridgehead atoms. The molecule has 1 aromatic rings. The second-order valence-electron chi connectivity index (χ2n) is 5.47. The van der Waals surface area contributed by atoms with Gasteiger partial charge in [-0.3, -0.25) is 4.79 Å². The van der Waals surface area contributed by atoms with Crippen molar-refractivity contribution >= 4 is 11.5 Å². The van der Waals surface area contributed by atoms with Crippen molar-refractivity contribution in [2.75, 3.05) is 0 Å². The predicted molar refractivity (Wildman–Crippen MR) is 75.7 cm³/mol. The highest BCUT2D eigenvalue weighted by atomic mass is 16.1. The van der Waals surface area contributed by atoms with Crippen LogP contribution in [-0.4, -0.2) is 11.9 Å². The maximum Gasteiger partial charge on any atom is 0.251 e. The van der Waals surface area contributed by atoms with Crippen LogP contribution in [0.2, 0.25) is 0 Å². The summed E-state index contributed by atoms with van der Waals surface area (Å²) in [6.45, 7) is 10.3. The third kappa shape index (κ3) is 2.47. The van der Waals surface area contributed by atoms with Crippen LogP contribution >= 0.6 is 0 Å². The van der Waals surface area contributed by atoms with Gasteiger partial charge in [-0.1, -0.05) is 19.6 Å². The zero-order valence-electron chi connectivity index (χ0n) is 11.4. The Morgan fingerprint density at radius 1 is 1.44 bits per heavy atom. The first-order chi connectivity index (χ1) is 8.49. The van der Waals surface area contributed by atoms with E-state index < -0.39 is 0 Å². The van der Waals surface area contributed by atoms with Crippen LogP contribution in [0.3, 0.4) is 0 Å². The highest BCUT2D eigenvalue weighted by Gasteiger charge is 2.20. The molecule has 0 saturated heterocycles. The van der Waals surface area contributed by atoms with Crippen LogP contribution in [0.1, 0.15) is 61.0 Å². The van der Waals surface area contributed by atoms with E-state index in [1.807, 2.05) is 26.0 Å². The van der Waals surface area contributed by atoms with Crippen LogP contribution < -0.4 is 5.32 Å². The summed E-state index contributed by atoms with van der Waals surface area (Å²) in [6, 6.07) is 6.16. The van der Waals surface area contributed by atoms with E-state index in [-0.39, 0.29) is 11.9 Å². The molecule has 1 atom stereocenters. The summed E-state index contributed by atoms with van der Waals surface area (Å²) in [6.07, 6.45) is 2.19.